The predicted octanol–water partition coefficient (Wildman–Crippen LogP) is 2.56. The number of aromatic carboxylic acids is 1. The van der Waals surface area contributed by atoms with Crippen molar-refractivity contribution in [2.24, 2.45) is 5.92 Å². The Morgan fingerprint density at radius 2 is 2.32 bits per heavy atom. The Balaban J connectivity index is 2.24. The van der Waals surface area contributed by atoms with E-state index in [1.807, 2.05) is 19.1 Å². The van der Waals surface area contributed by atoms with Gasteiger partial charge in [0, 0.05) is 20.2 Å². The van der Waals surface area contributed by atoms with Crippen LogP contribution in [-0.4, -0.2) is 37.9 Å². The van der Waals surface area contributed by atoms with E-state index in [9.17, 15) is 9.90 Å². The second kappa shape index (κ2) is 6.06. The maximum Gasteiger partial charge on any atom is 0.337 e. The molecule has 1 heterocycles. The number of carboxylic acid groups (broad SMARTS) is 1. The third-order valence-corrected chi connectivity index (χ3v) is 3.65. The van der Waals surface area contributed by atoms with Crippen LogP contribution in [0.25, 0.3) is 0 Å². The van der Waals surface area contributed by atoms with Crippen LogP contribution in [0.2, 0.25) is 0 Å². The molecule has 1 saturated heterocycles. The molecule has 104 valence electrons. The van der Waals surface area contributed by atoms with Gasteiger partial charge in [-0.2, -0.15) is 0 Å². The van der Waals surface area contributed by atoms with Crippen LogP contribution < -0.4 is 4.90 Å². The fourth-order valence-corrected chi connectivity index (χ4v) is 2.74. The monoisotopic (exact) mass is 263 g/mol. The van der Waals surface area contributed by atoms with Gasteiger partial charge >= 0.3 is 5.97 Å². The van der Waals surface area contributed by atoms with Crippen molar-refractivity contribution in [2.75, 3.05) is 31.7 Å². The van der Waals surface area contributed by atoms with E-state index in [-0.39, 0.29) is 0 Å². The van der Waals surface area contributed by atoms with E-state index in [1.165, 1.54) is 0 Å². The number of anilines is 1. The molecule has 0 aliphatic carbocycles. The molecule has 1 aliphatic heterocycles. The van der Waals surface area contributed by atoms with Crippen LogP contribution in [0.1, 0.15) is 28.8 Å². The molecular weight excluding hydrogens is 242 g/mol. The highest BCUT2D eigenvalue weighted by atomic mass is 16.5. The molecule has 0 amide bonds. The van der Waals surface area contributed by atoms with Gasteiger partial charge in [-0.3, -0.25) is 0 Å². The number of carboxylic acids is 1. The summed E-state index contributed by atoms with van der Waals surface area (Å²) in [5.41, 5.74) is 2.32. The second-order valence-electron chi connectivity index (χ2n) is 5.24. The van der Waals surface area contributed by atoms with Crippen molar-refractivity contribution in [2.45, 2.75) is 19.8 Å². The molecule has 4 nitrogen and oxygen atoms in total. The Morgan fingerprint density at radius 3 is 3.00 bits per heavy atom. The second-order valence-corrected chi connectivity index (χ2v) is 5.24. The number of methoxy groups -OCH3 is 1. The van der Waals surface area contributed by atoms with Crippen LogP contribution in [0, 0.1) is 12.8 Å². The third kappa shape index (κ3) is 3.26. The Hall–Kier alpha value is -1.55. The van der Waals surface area contributed by atoms with Gasteiger partial charge in [0.25, 0.3) is 0 Å². The average Bonchev–Trinajstić information content (AvgIpc) is 2.39. The Labute approximate surface area is 114 Å². The average molecular weight is 263 g/mol. The van der Waals surface area contributed by atoms with E-state index in [0.29, 0.717) is 11.5 Å². The molecule has 0 bridgehead atoms. The van der Waals surface area contributed by atoms with Gasteiger partial charge in [-0.15, -0.1) is 0 Å². The van der Waals surface area contributed by atoms with Gasteiger partial charge in [0.2, 0.25) is 0 Å². The number of benzene rings is 1. The zero-order valence-corrected chi connectivity index (χ0v) is 11.6. The number of aryl methyl sites for hydroxylation is 1. The zero-order chi connectivity index (χ0) is 13.8. The molecule has 19 heavy (non-hydrogen) atoms. The fourth-order valence-electron chi connectivity index (χ4n) is 2.74. The minimum absolute atomic E-state index is 0.392. The van der Waals surface area contributed by atoms with E-state index >= 15 is 0 Å². The minimum Gasteiger partial charge on any atom is -0.478 e. The molecule has 1 unspecified atom stereocenters. The highest BCUT2D eigenvalue weighted by Gasteiger charge is 2.23. The van der Waals surface area contributed by atoms with Crippen molar-refractivity contribution in [3.63, 3.8) is 0 Å². The highest BCUT2D eigenvalue weighted by molar-refractivity contribution is 5.94. The first-order valence-electron chi connectivity index (χ1n) is 6.69. The Bertz CT molecular complexity index is 457. The van der Waals surface area contributed by atoms with E-state index in [1.54, 1.807) is 13.2 Å². The summed E-state index contributed by atoms with van der Waals surface area (Å²) in [4.78, 5) is 13.5. The largest absolute Gasteiger partial charge is 0.478 e. The van der Waals surface area contributed by atoms with Crippen molar-refractivity contribution in [1.82, 2.24) is 0 Å². The van der Waals surface area contributed by atoms with Crippen molar-refractivity contribution < 1.29 is 14.6 Å². The van der Waals surface area contributed by atoms with Crippen LogP contribution in [0.5, 0.6) is 0 Å². The minimum atomic E-state index is -0.858. The van der Waals surface area contributed by atoms with Gasteiger partial charge < -0.3 is 14.7 Å². The number of rotatable bonds is 4. The first-order valence-corrected chi connectivity index (χ1v) is 6.69. The van der Waals surface area contributed by atoms with E-state index in [0.717, 1.165) is 43.8 Å². The van der Waals surface area contributed by atoms with Crippen molar-refractivity contribution in [1.29, 1.82) is 0 Å². The summed E-state index contributed by atoms with van der Waals surface area (Å²) in [6.45, 7) is 4.53. The summed E-state index contributed by atoms with van der Waals surface area (Å²) in [6.07, 6.45) is 2.24. The van der Waals surface area contributed by atoms with Gasteiger partial charge in [-0.25, -0.2) is 4.79 Å². The maximum absolute atomic E-state index is 11.3. The SMILES string of the molecule is COCC1CCCN(c2cc(C)ccc2C(=O)O)C1. The first kappa shape index (κ1) is 13.9. The number of piperidine rings is 1. The zero-order valence-electron chi connectivity index (χ0n) is 11.6. The topological polar surface area (TPSA) is 49.8 Å². The van der Waals surface area contributed by atoms with E-state index in [4.69, 9.17) is 4.74 Å². The predicted molar refractivity (Wildman–Crippen MR) is 75.0 cm³/mol. The lowest BCUT2D eigenvalue weighted by molar-refractivity contribution is 0.0697. The lowest BCUT2D eigenvalue weighted by Crippen LogP contribution is -2.38. The molecule has 0 spiro atoms. The maximum atomic E-state index is 11.3. The summed E-state index contributed by atoms with van der Waals surface area (Å²) in [5.74, 6) is -0.371. The highest BCUT2D eigenvalue weighted by Crippen LogP contribution is 2.27. The number of hydrogen-bond acceptors (Lipinski definition) is 3. The van der Waals surface area contributed by atoms with Crippen LogP contribution in [-0.2, 0) is 4.74 Å². The molecule has 1 aliphatic rings. The molecule has 0 radical (unpaired) electrons. The molecule has 1 fully saturated rings. The molecule has 4 heteroatoms. The smallest absolute Gasteiger partial charge is 0.337 e. The molecule has 1 N–H and O–H groups in total. The van der Waals surface area contributed by atoms with Crippen molar-refractivity contribution in [3.05, 3.63) is 29.3 Å². The van der Waals surface area contributed by atoms with E-state index in [2.05, 4.69) is 4.90 Å². The Kier molecular flexibility index (Phi) is 4.43. The summed E-state index contributed by atoms with van der Waals surface area (Å²) in [7, 11) is 1.72. The molecule has 1 aromatic carbocycles. The fraction of sp³-hybridized carbons (Fsp3) is 0.533. The molecule has 1 aromatic rings. The van der Waals surface area contributed by atoms with E-state index < -0.39 is 5.97 Å². The molecular formula is C15H21NO3. The summed E-state index contributed by atoms with van der Waals surface area (Å²) >= 11 is 0. The van der Waals surface area contributed by atoms with Gasteiger partial charge in [-0.1, -0.05) is 6.07 Å². The molecule has 1 atom stereocenters. The Morgan fingerprint density at radius 1 is 1.53 bits per heavy atom. The van der Waals surface area contributed by atoms with Gasteiger partial charge in [0.05, 0.1) is 17.9 Å². The number of nitrogens with zero attached hydrogens (tertiary/aromatic N) is 1. The normalized spacial score (nSPS) is 19.5. The van der Waals surface area contributed by atoms with Gasteiger partial charge in [0.1, 0.15) is 0 Å². The van der Waals surface area contributed by atoms with Crippen LogP contribution >= 0.6 is 0 Å². The van der Waals surface area contributed by atoms with Crippen LogP contribution in [0.3, 0.4) is 0 Å². The third-order valence-electron chi connectivity index (χ3n) is 3.65. The van der Waals surface area contributed by atoms with Crippen LogP contribution in [0.4, 0.5) is 5.69 Å². The lowest BCUT2D eigenvalue weighted by Gasteiger charge is -2.35. The molecule has 0 aromatic heterocycles. The summed E-state index contributed by atoms with van der Waals surface area (Å²) in [5, 5.41) is 9.31. The molecule has 0 saturated carbocycles. The first-order chi connectivity index (χ1) is 9.11. The van der Waals surface area contributed by atoms with Gasteiger partial charge in [-0.05, 0) is 43.4 Å². The standard InChI is InChI=1S/C15H21NO3/c1-11-5-6-13(15(17)18)14(8-11)16-7-3-4-12(9-16)10-19-2/h5-6,8,12H,3-4,7,9-10H2,1-2H3,(H,17,18). The molecule has 2 rings (SSSR count). The quantitative estimate of drug-likeness (QED) is 0.907. The van der Waals surface area contributed by atoms with Gasteiger partial charge in [0.15, 0.2) is 0 Å². The lowest BCUT2D eigenvalue weighted by atomic mass is 9.97. The number of carbonyl (C=O) groups is 1. The number of ether oxygens (including phenoxy) is 1. The van der Waals surface area contributed by atoms with Crippen molar-refractivity contribution >= 4 is 11.7 Å². The van der Waals surface area contributed by atoms with Crippen LogP contribution in [0.15, 0.2) is 18.2 Å². The summed E-state index contributed by atoms with van der Waals surface area (Å²) in [6, 6.07) is 5.52. The van der Waals surface area contributed by atoms with Crippen molar-refractivity contribution in [3.8, 4) is 0 Å². The number of hydrogen-bond donors (Lipinski definition) is 1. The summed E-state index contributed by atoms with van der Waals surface area (Å²) < 4.78 is 5.22.